The highest BCUT2D eigenvalue weighted by atomic mass is 35.5. The van der Waals surface area contributed by atoms with Gasteiger partial charge in [-0.2, -0.15) is 5.10 Å². The number of nitrogens with zero attached hydrogens (tertiary/aromatic N) is 4. The number of aliphatic imine (C=N–C) groups is 1. The van der Waals surface area contributed by atoms with E-state index in [-0.39, 0.29) is 0 Å². The summed E-state index contributed by atoms with van der Waals surface area (Å²) in [5, 5.41) is 6.82. The SMILES string of the molecule is CN(C)C=Nc1c2cccc(-c3ccc(Cl)cc3Cl)c2nn1C. The molecule has 0 aliphatic carbocycles. The first kappa shape index (κ1) is 15.8. The van der Waals surface area contributed by atoms with E-state index in [0.717, 1.165) is 27.8 Å². The van der Waals surface area contributed by atoms with Crippen LogP contribution in [0.15, 0.2) is 41.4 Å². The maximum absolute atomic E-state index is 6.36. The van der Waals surface area contributed by atoms with Crippen LogP contribution in [-0.2, 0) is 7.05 Å². The molecule has 3 aromatic rings. The monoisotopic (exact) mass is 346 g/mol. The molecule has 2 aromatic carbocycles. The van der Waals surface area contributed by atoms with Crippen LogP contribution in [0.4, 0.5) is 5.82 Å². The number of fused-ring (bicyclic) bond motifs is 1. The Hall–Kier alpha value is -2.04. The van der Waals surface area contributed by atoms with Gasteiger partial charge in [0.25, 0.3) is 0 Å². The average molecular weight is 347 g/mol. The van der Waals surface area contributed by atoms with Crippen molar-refractivity contribution in [2.24, 2.45) is 12.0 Å². The lowest BCUT2D eigenvalue weighted by Crippen LogP contribution is -2.07. The van der Waals surface area contributed by atoms with Crippen molar-refractivity contribution in [2.75, 3.05) is 14.1 Å². The van der Waals surface area contributed by atoms with Crippen LogP contribution in [-0.4, -0.2) is 35.1 Å². The molecule has 0 fully saturated rings. The zero-order valence-electron chi connectivity index (χ0n) is 13.1. The van der Waals surface area contributed by atoms with E-state index in [4.69, 9.17) is 23.2 Å². The summed E-state index contributed by atoms with van der Waals surface area (Å²) >= 11 is 12.4. The van der Waals surface area contributed by atoms with E-state index in [1.54, 1.807) is 17.1 Å². The Kier molecular flexibility index (Phi) is 4.28. The van der Waals surface area contributed by atoms with E-state index < -0.39 is 0 Å². The molecule has 23 heavy (non-hydrogen) atoms. The summed E-state index contributed by atoms with van der Waals surface area (Å²) < 4.78 is 1.78. The lowest BCUT2D eigenvalue weighted by molar-refractivity contribution is 0.641. The van der Waals surface area contributed by atoms with Gasteiger partial charge >= 0.3 is 0 Å². The van der Waals surface area contributed by atoms with Gasteiger partial charge < -0.3 is 4.90 Å². The quantitative estimate of drug-likeness (QED) is 0.505. The molecule has 0 radical (unpaired) electrons. The molecule has 0 saturated carbocycles. The van der Waals surface area contributed by atoms with Crippen LogP contribution < -0.4 is 0 Å². The van der Waals surface area contributed by atoms with Gasteiger partial charge in [-0.05, 0) is 18.2 Å². The predicted molar refractivity (Wildman–Crippen MR) is 98.0 cm³/mol. The van der Waals surface area contributed by atoms with Crippen molar-refractivity contribution < 1.29 is 0 Å². The third-order valence-electron chi connectivity index (χ3n) is 3.47. The van der Waals surface area contributed by atoms with Gasteiger partial charge in [0.1, 0.15) is 5.52 Å². The second kappa shape index (κ2) is 6.22. The Labute approximate surface area is 144 Å². The normalized spacial score (nSPS) is 11.5. The fraction of sp³-hybridized carbons (Fsp3) is 0.176. The standard InChI is InChI=1S/C17H16Cl2N4/c1-22(2)10-20-17-14-6-4-5-13(16(14)21-23(17)3)12-8-7-11(18)9-15(12)19/h4-10H,1-3H3. The molecule has 0 aliphatic heterocycles. The maximum Gasteiger partial charge on any atom is 0.159 e. The van der Waals surface area contributed by atoms with Gasteiger partial charge in [0.05, 0.1) is 6.34 Å². The van der Waals surface area contributed by atoms with E-state index in [2.05, 4.69) is 10.1 Å². The number of halogens is 2. The van der Waals surface area contributed by atoms with Crippen molar-refractivity contribution in [3.05, 3.63) is 46.4 Å². The summed E-state index contributed by atoms with van der Waals surface area (Å²) in [5.74, 6) is 0.806. The van der Waals surface area contributed by atoms with Crippen molar-refractivity contribution in [1.82, 2.24) is 14.7 Å². The number of benzene rings is 2. The average Bonchev–Trinajstić information content (AvgIpc) is 2.81. The molecule has 0 spiro atoms. The first-order valence-electron chi connectivity index (χ1n) is 7.09. The second-order valence-corrected chi connectivity index (χ2v) is 6.32. The maximum atomic E-state index is 6.36. The van der Waals surface area contributed by atoms with Gasteiger partial charge in [-0.25, -0.2) is 9.67 Å². The fourth-order valence-electron chi connectivity index (χ4n) is 2.45. The summed E-state index contributed by atoms with van der Waals surface area (Å²) in [7, 11) is 5.75. The van der Waals surface area contributed by atoms with E-state index in [0.29, 0.717) is 10.0 Å². The van der Waals surface area contributed by atoms with Crippen molar-refractivity contribution in [2.45, 2.75) is 0 Å². The van der Waals surface area contributed by atoms with Crippen LogP contribution in [0.25, 0.3) is 22.0 Å². The van der Waals surface area contributed by atoms with Crippen LogP contribution in [0.2, 0.25) is 10.0 Å². The molecule has 6 heteroatoms. The van der Waals surface area contributed by atoms with Gasteiger partial charge in [0, 0.05) is 47.7 Å². The molecule has 0 N–H and O–H groups in total. The highest BCUT2D eigenvalue weighted by molar-refractivity contribution is 6.36. The van der Waals surface area contributed by atoms with Gasteiger partial charge in [-0.15, -0.1) is 0 Å². The van der Waals surface area contributed by atoms with Crippen LogP contribution in [0.1, 0.15) is 0 Å². The first-order chi connectivity index (χ1) is 11.0. The lowest BCUT2D eigenvalue weighted by Gasteiger charge is -2.06. The summed E-state index contributed by atoms with van der Waals surface area (Å²) in [4.78, 5) is 6.40. The largest absolute Gasteiger partial charge is 0.369 e. The summed E-state index contributed by atoms with van der Waals surface area (Å²) in [6, 6.07) is 11.5. The molecule has 0 unspecified atom stereocenters. The van der Waals surface area contributed by atoms with Gasteiger partial charge in [-0.3, -0.25) is 0 Å². The number of aromatic nitrogens is 2. The molecular formula is C17H16Cl2N4. The predicted octanol–water partition coefficient (Wildman–Crippen LogP) is 4.77. The Morgan fingerprint density at radius 2 is 1.91 bits per heavy atom. The number of hydrogen-bond donors (Lipinski definition) is 0. The molecule has 0 amide bonds. The van der Waals surface area contributed by atoms with Crippen LogP contribution in [0, 0.1) is 0 Å². The lowest BCUT2D eigenvalue weighted by atomic mass is 10.0. The van der Waals surface area contributed by atoms with Crippen LogP contribution in [0.3, 0.4) is 0 Å². The van der Waals surface area contributed by atoms with E-state index in [1.807, 2.05) is 56.4 Å². The van der Waals surface area contributed by atoms with Gasteiger partial charge in [-0.1, -0.05) is 41.4 Å². The highest BCUT2D eigenvalue weighted by Gasteiger charge is 2.14. The molecule has 0 bridgehead atoms. The Morgan fingerprint density at radius 1 is 1.13 bits per heavy atom. The van der Waals surface area contributed by atoms with Crippen molar-refractivity contribution in [3.8, 4) is 11.1 Å². The van der Waals surface area contributed by atoms with Gasteiger partial charge in [0.15, 0.2) is 5.82 Å². The Morgan fingerprint density at radius 3 is 2.61 bits per heavy atom. The minimum absolute atomic E-state index is 0.606. The number of hydrogen-bond acceptors (Lipinski definition) is 2. The molecule has 3 rings (SSSR count). The van der Waals surface area contributed by atoms with Crippen LogP contribution >= 0.6 is 23.2 Å². The smallest absolute Gasteiger partial charge is 0.159 e. The molecule has 0 atom stereocenters. The molecule has 1 heterocycles. The van der Waals surface area contributed by atoms with Crippen molar-refractivity contribution in [3.63, 3.8) is 0 Å². The van der Waals surface area contributed by atoms with Gasteiger partial charge in [0.2, 0.25) is 0 Å². The molecule has 1 aromatic heterocycles. The second-order valence-electron chi connectivity index (χ2n) is 5.48. The highest BCUT2D eigenvalue weighted by Crippen LogP contribution is 2.37. The summed E-state index contributed by atoms with van der Waals surface area (Å²) in [6.45, 7) is 0. The van der Waals surface area contributed by atoms with E-state index in [9.17, 15) is 0 Å². The molecule has 0 saturated heterocycles. The molecule has 118 valence electrons. The number of aryl methyl sites for hydroxylation is 1. The Balaban J connectivity index is 2.22. The summed E-state index contributed by atoms with van der Waals surface area (Å²) in [6.07, 6.45) is 1.76. The van der Waals surface area contributed by atoms with Crippen LogP contribution in [0.5, 0.6) is 0 Å². The van der Waals surface area contributed by atoms with E-state index in [1.165, 1.54) is 0 Å². The molecular weight excluding hydrogens is 331 g/mol. The fourth-order valence-corrected chi connectivity index (χ4v) is 2.96. The van der Waals surface area contributed by atoms with E-state index >= 15 is 0 Å². The minimum Gasteiger partial charge on any atom is -0.369 e. The summed E-state index contributed by atoms with van der Waals surface area (Å²) in [5.41, 5.74) is 2.74. The minimum atomic E-state index is 0.606. The van der Waals surface area contributed by atoms with Crippen molar-refractivity contribution in [1.29, 1.82) is 0 Å². The molecule has 4 nitrogen and oxygen atoms in total. The Bertz CT molecular complexity index is 897. The molecule has 0 aliphatic rings. The third-order valence-corrected chi connectivity index (χ3v) is 4.01. The third kappa shape index (κ3) is 3.05. The topological polar surface area (TPSA) is 33.4 Å². The number of rotatable bonds is 3. The first-order valence-corrected chi connectivity index (χ1v) is 7.84. The zero-order valence-corrected chi connectivity index (χ0v) is 14.6. The zero-order chi connectivity index (χ0) is 16.6. The van der Waals surface area contributed by atoms with Crippen molar-refractivity contribution >= 4 is 46.3 Å².